The molecule has 1 atom stereocenters. The normalized spacial score (nSPS) is 11.9. The molecule has 1 rings (SSSR count). The molecule has 0 aromatic heterocycles. The molecular weight excluding hydrogens is 230 g/mol. The van der Waals surface area contributed by atoms with Gasteiger partial charge in [-0.1, -0.05) is 17.7 Å². The summed E-state index contributed by atoms with van der Waals surface area (Å²) in [5.41, 5.74) is 0.825. The van der Waals surface area contributed by atoms with Crippen LogP contribution >= 0.6 is 11.6 Å². The van der Waals surface area contributed by atoms with Crippen molar-refractivity contribution < 1.29 is 14.7 Å². The van der Waals surface area contributed by atoms with Crippen LogP contribution in [0, 0.1) is 0 Å². The third-order valence-corrected chi connectivity index (χ3v) is 2.46. The molecule has 0 aliphatic rings. The van der Waals surface area contributed by atoms with Gasteiger partial charge in [-0.15, -0.1) is 0 Å². The number of carbonyl (C=O) groups excluding carboxylic acids is 1. The van der Waals surface area contributed by atoms with Crippen molar-refractivity contribution in [3.63, 3.8) is 0 Å². The maximum Gasteiger partial charge on any atom is 0.335 e. The molecule has 0 fully saturated rings. The SMILES string of the molecule is CC(=O)N[C@@H](C)c1ccc(C(=O)O)cc1Cl. The zero-order valence-electron chi connectivity index (χ0n) is 8.95. The monoisotopic (exact) mass is 241 g/mol. The van der Waals surface area contributed by atoms with E-state index in [1.807, 2.05) is 0 Å². The van der Waals surface area contributed by atoms with E-state index in [1.54, 1.807) is 13.0 Å². The maximum atomic E-state index is 10.9. The number of carboxylic acids is 1. The molecule has 0 aliphatic heterocycles. The van der Waals surface area contributed by atoms with Crippen molar-refractivity contribution in [1.29, 1.82) is 0 Å². The highest BCUT2D eigenvalue weighted by molar-refractivity contribution is 6.31. The fourth-order valence-corrected chi connectivity index (χ4v) is 1.74. The predicted molar refractivity (Wildman–Crippen MR) is 60.6 cm³/mol. The fourth-order valence-electron chi connectivity index (χ4n) is 1.39. The number of rotatable bonds is 3. The number of carbonyl (C=O) groups is 2. The number of carboxylic acid groups (broad SMARTS) is 1. The van der Waals surface area contributed by atoms with E-state index in [0.717, 1.165) is 0 Å². The second kappa shape index (κ2) is 4.99. The number of nitrogens with one attached hydrogen (secondary N) is 1. The summed E-state index contributed by atoms with van der Waals surface area (Å²) in [6.07, 6.45) is 0. The lowest BCUT2D eigenvalue weighted by atomic mass is 10.1. The molecule has 0 heterocycles. The lowest BCUT2D eigenvalue weighted by Crippen LogP contribution is -2.23. The highest BCUT2D eigenvalue weighted by Crippen LogP contribution is 2.24. The standard InChI is InChI=1S/C11H12ClNO3/c1-6(13-7(2)14)9-4-3-8(11(15)16)5-10(9)12/h3-6H,1-2H3,(H,13,14)(H,15,16)/t6-/m0/s1. The van der Waals surface area contributed by atoms with Gasteiger partial charge in [0.1, 0.15) is 0 Å². The summed E-state index contributed by atoms with van der Waals surface area (Å²) >= 11 is 5.94. The molecule has 16 heavy (non-hydrogen) atoms. The summed E-state index contributed by atoms with van der Waals surface area (Å²) in [6, 6.07) is 4.19. The minimum absolute atomic E-state index is 0.128. The van der Waals surface area contributed by atoms with E-state index in [2.05, 4.69) is 5.32 Å². The minimum atomic E-state index is -1.03. The first-order valence-electron chi connectivity index (χ1n) is 4.71. The van der Waals surface area contributed by atoms with Crippen LogP contribution in [-0.2, 0) is 4.79 Å². The molecule has 0 saturated heterocycles. The van der Waals surface area contributed by atoms with Gasteiger partial charge in [-0.3, -0.25) is 4.79 Å². The van der Waals surface area contributed by atoms with Crippen molar-refractivity contribution in [2.24, 2.45) is 0 Å². The van der Waals surface area contributed by atoms with Crippen molar-refractivity contribution in [2.75, 3.05) is 0 Å². The molecule has 5 heteroatoms. The van der Waals surface area contributed by atoms with E-state index in [9.17, 15) is 9.59 Å². The average molecular weight is 242 g/mol. The fraction of sp³-hybridized carbons (Fsp3) is 0.273. The molecule has 2 N–H and O–H groups in total. The maximum absolute atomic E-state index is 10.9. The van der Waals surface area contributed by atoms with Gasteiger partial charge in [0, 0.05) is 11.9 Å². The van der Waals surface area contributed by atoms with Crippen LogP contribution in [0.5, 0.6) is 0 Å². The lowest BCUT2D eigenvalue weighted by molar-refractivity contribution is -0.119. The highest BCUT2D eigenvalue weighted by atomic mass is 35.5. The minimum Gasteiger partial charge on any atom is -0.478 e. The smallest absolute Gasteiger partial charge is 0.335 e. The average Bonchev–Trinajstić information content (AvgIpc) is 2.15. The number of amides is 1. The van der Waals surface area contributed by atoms with Crippen molar-refractivity contribution in [3.05, 3.63) is 34.3 Å². The highest BCUT2D eigenvalue weighted by Gasteiger charge is 2.12. The Balaban J connectivity index is 2.98. The van der Waals surface area contributed by atoms with Crippen LogP contribution < -0.4 is 5.32 Å². The molecule has 0 radical (unpaired) electrons. The van der Waals surface area contributed by atoms with Gasteiger partial charge in [-0.25, -0.2) is 4.79 Å². The number of hydrogen-bond acceptors (Lipinski definition) is 2. The third kappa shape index (κ3) is 2.97. The number of halogens is 1. The Morgan fingerprint density at radius 2 is 2.06 bits per heavy atom. The van der Waals surface area contributed by atoms with Crippen molar-refractivity contribution in [2.45, 2.75) is 19.9 Å². The summed E-state index contributed by atoms with van der Waals surface area (Å²) in [7, 11) is 0. The van der Waals surface area contributed by atoms with Gasteiger partial charge in [0.05, 0.1) is 11.6 Å². The molecule has 1 aromatic carbocycles. The quantitative estimate of drug-likeness (QED) is 0.853. The van der Waals surface area contributed by atoms with Gasteiger partial charge in [0.15, 0.2) is 0 Å². The summed E-state index contributed by atoms with van der Waals surface area (Å²) < 4.78 is 0. The molecule has 0 saturated carbocycles. The number of benzene rings is 1. The van der Waals surface area contributed by atoms with E-state index >= 15 is 0 Å². The molecule has 0 spiro atoms. The van der Waals surface area contributed by atoms with Crippen molar-refractivity contribution in [3.8, 4) is 0 Å². The van der Waals surface area contributed by atoms with Crippen LogP contribution in [0.1, 0.15) is 35.8 Å². The lowest BCUT2D eigenvalue weighted by Gasteiger charge is -2.14. The van der Waals surface area contributed by atoms with Gasteiger partial charge in [0.2, 0.25) is 5.91 Å². The molecule has 1 amide bonds. The first kappa shape index (κ1) is 12.5. The first-order chi connectivity index (χ1) is 7.41. The van der Waals surface area contributed by atoms with Gasteiger partial charge in [-0.05, 0) is 24.6 Å². The van der Waals surface area contributed by atoms with Crippen LogP contribution in [0.3, 0.4) is 0 Å². The van der Waals surface area contributed by atoms with Crippen LogP contribution in [0.4, 0.5) is 0 Å². The Hall–Kier alpha value is -1.55. The molecule has 86 valence electrons. The van der Waals surface area contributed by atoms with Crippen LogP contribution in [-0.4, -0.2) is 17.0 Å². The largest absolute Gasteiger partial charge is 0.478 e. The van der Waals surface area contributed by atoms with E-state index < -0.39 is 5.97 Å². The zero-order valence-corrected chi connectivity index (χ0v) is 9.71. The second-order valence-corrected chi connectivity index (χ2v) is 3.87. The van der Waals surface area contributed by atoms with E-state index in [1.165, 1.54) is 19.1 Å². The molecule has 4 nitrogen and oxygen atoms in total. The Kier molecular flexibility index (Phi) is 3.90. The molecule has 0 aliphatic carbocycles. The Morgan fingerprint density at radius 1 is 1.44 bits per heavy atom. The van der Waals surface area contributed by atoms with Crippen LogP contribution in [0.25, 0.3) is 0 Å². The van der Waals surface area contributed by atoms with Crippen molar-refractivity contribution >= 4 is 23.5 Å². The summed E-state index contributed by atoms with van der Waals surface area (Å²) in [5.74, 6) is -1.19. The molecule has 1 aromatic rings. The molecule has 0 bridgehead atoms. The van der Waals surface area contributed by atoms with Gasteiger partial charge >= 0.3 is 5.97 Å². The topological polar surface area (TPSA) is 66.4 Å². The van der Waals surface area contributed by atoms with Gasteiger partial charge in [-0.2, -0.15) is 0 Å². The van der Waals surface area contributed by atoms with E-state index in [4.69, 9.17) is 16.7 Å². The van der Waals surface area contributed by atoms with Crippen LogP contribution in [0.15, 0.2) is 18.2 Å². The second-order valence-electron chi connectivity index (χ2n) is 3.46. The third-order valence-electron chi connectivity index (χ3n) is 2.13. The Labute approximate surface area is 98.2 Å². The van der Waals surface area contributed by atoms with E-state index in [-0.39, 0.29) is 17.5 Å². The summed E-state index contributed by atoms with van der Waals surface area (Å²) in [6.45, 7) is 3.19. The zero-order chi connectivity index (χ0) is 12.3. The Bertz CT molecular complexity index is 431. The Morgan fingerprint density at radius 3 is 2.50 bits per heavy atom. The molecule has 0 unspecified atom stereocenters. The van der Waals surface area contributed by atoms with Crippen molar-refractivity contribution in [1.82, 2.24) is 5.32 Å². The van der Waals surface area contributed by atoms with Crippen LogP contribution in [0.2, 0.25) is 5.02 Å². The van der Waals surface area contributed by atoms with E-state index in [0.29, 0.717) is 10.6 Å². The first-order valence-corrected chi connectivity index (χ1v) is 5.09. The predicted octanol–water partition coefficient (Wildman–Crippen LogP) is 2.24. The molecular formula is C11H12ClNO3. The summed E-state index contributed by atoms with van der Waals surface area (Å²) in [5, 5.41) is 11.8. The summed E-state index contributed by atoms with van der Waals surface area (Å²) in [4.78, 5) is 21.5. The van der Waals surface area contributed by atoms with Gasteiger partial charge < -0.3 is 10.4 Å². The number of aromatic carboxylic acids is 1. The van der Waals surface area contributed by atoms with Gasteiger partial charge in [0.25, 0.3) is 0 Å². The number of hydrogen-bond donors (Lipinski definition) is 2.